The van der Waals surface area contributed by atoms with Gasteiger partial charge in [0.25, 0.3) is 0 Å². The van der Waals surface area contributed by atoms with Crippen LogP contribution in [0.5, 0.6) is 5.75 Å². The number of pyridine rings is 1. The van der Waals surface area contributed by atoms with Crippen molar-refractivity contribution in [3.8, 4) is 5.75 Å². The molecule has 3 aromatic rings. The van der Waals surface area contributed by atoms with Gasteiger partial charge in [-0.25, -0.2) is 0 Å². The summed E-state index contributed by atoms with van der Waals surface area (Å²) >= 11 is 0. The van der Waals surface area contributed by atoms with Crippen LogP contribution in [0.1, 0.15) is 36.1 Å². The number of aromatic nitrogens is 4. The Bertz CT molecular complexity index is 842. The second kappa shape index (κ2) is 6.68. The van der Waals surface area contributed by atoms with Crippen molar-refractivity contribution in [1.82, 2.24) is 24.6 Å². The van der Waals surface area contributed by atoms with E-state index in [1.165, 1.54) is 0 Å². The number of hydrogen-bond donors (Lipinski definition) is 0. The van der Waals surface area contributed by atoms with Crippen LogP contribution in [0.25, 0.3) is 0 Å². The highest BCUT2D eigenvalue weighted by Crippen LogP contribution is 2.26. The van der Waals surface area contributed by atoms with Crippen molar-refractivity contribution in [1.29, 1.82) is 0 Å². The number of ether oxygens (including phenoxy) is 1. The van der Waals surface area contributed by atoms with E-state index in [0.29, 0.717) is 6.61 Å². The van der Waals surface area contributed by atoms with Gasteiger partial charge in [0.2, 0.25) is 0 Å². The van der Waals surface area contributed by atoms with Crippen LogP contribution in [0.3, 0.4) is 0 Å². The Morgan fingerprint density at radius 2 is 2.16 bits per heavy atom. The Morgan fingerprint density at radius 1 is 1.24 bits per heavy atom. The molecule has 0 bridgehead atoms. The van der Waals surface area contributed by atoms with Gasteiger partial charge in [-0.2, -0.15) is 0 Å². The molecular formula is C18H21N5O2. The first-order valence-electron chi connectivity index (χ1n) is 8.45. The summed E-state index contributed by atoms with van der Waals surface area (Å²) in [6.45, 7) is 7.06. The maximum Gasteiger partial charge on any atom is 0.171 e. The molecule has 0 saturated heterocycles. The van der Waals surface area contributed by atoms with E-state index in [-0.39, 0.29) is 6.04 Å². The molecule has 7 heteroatoms. The normalized spacial score (nSPS) is 17.4. The number of aryl methyl sites for hydroxylation is 1. The van der Waals surface area contributed by atoms with Crippen LogP contribution >= 0.6 is 0 Å². The van der Waals surface area contributed by atoms with Crippen molar-refractivity contribution in [3.05, 3.63) is 59.8 Å². The lowest BCUT2D eigenvalue weighted by Crippen LogP contribution is -2.37. The predicted molar refractivity (Wildman–Crippen MR) is 90.9 cm³/mol. The lowest BCUT2D eigenvalue weighted by Gasteiger charge is -2.32. The van der Waals surface area contributed by atoms with Gasteiger partial charge in [-0.15, -0.1) is 10.2 Å². The van der Waals surface area contributed by atoms with E-state index in [1.807, 2.05) is 31.2 Å². The zero-order chi connectivity index (χ0) is 17.2. The molecule has 1 aliphatic rings. The van der Waals surface area contributed by atoms with Crippen LogP contribution in [-0.2, 0) is 19.7 Å². The zero-order valence-corrected chi connectivity index (χ0v) is 14.4. The zero-order valence-electron chi connectivity index (χ0n) is 14.4. The van der Waals surface area contributed by atoms with E-state index in [4.69, 9.17) is 9.15 Å². The standard InChI is InChI=1S/C18H21N5O2/c1-13-5-6-16(25-13)11-22-8-9-23-17(20-21-18(23)14(22)2)12-24-15-4-3-7-19-10-15/h3-7,10,14H,8-9,11-12H2,1-2H3. The molecule has 25 heavy (non-hydrogen) atoms. The van der Waals surface area contributed by atoms with Crippen LogP contribution in [0, 0.1) is 6.92 Å². The van der Waals surface area contributed by atoms with Gasteiger partial charge in [0.1, 0.15) is 29.7 Å². The molecule has 3 aromatic heterocycles. The third-order valence-corrected chi connectivity index (χ3v) is 4.55. The monoisotopic (exact) mass is 339 g/mol. The number of furan rings is 1. The lowest BCUT2D eigenvalue weighted by molar-refractivity contribution is 0.141. The summed E-state index contributed by atoms with van der Waals surface area (Å²) < 4.78 is 13.6. The minimum absolute atomic E-state index is 0.179. The number of fused-ring (bicyclic) bond motifs is 1. The summed E-state index contributed by atoms with van der Waals surface area (Å²) in [5.41, 5.74) is 0. The summed E-state index contributed by atoms with van der Waals surface area (Å²) in [4.78, 5) is 6.41. The smallest absolute Gasteiger partial charge is 0.171 e. The van der Waals surface area contributed by atoms with E-state index < -0.39 is 0 Å². The van der Waals surface area contributed by atoms with E-state index >= 15 is 0 Å². The molecule has 0 fully saturated rings. The number of nitrogens with zero attached hydrogens (tertiary/aromatic N) is 5. The summed E-state index contributed by atoms with van der Waals surface area (Å²) in [5.74, 6) is 4.48. The molecule has 0 saturated carbocycles. The van der Waals surface area contributed by atoms with E-state index in [9.17, 15) is 0 Å². The van der Waals surface area contributed by atoms with Crippen LogP contribution in [0.2, 0.25) is 0 Å². The van der Waals surface area contributed by atoms with Crippen molar-refractivity contribution in [3.63, 3.8) is 0 Å². The SMILES string of the molecule is Cc1ccc(CN2CCn3c(COc4cccnc4)nnc3C2C)o1. The lowest BCUT2D eigenvalue weighted by atomic mass is 10.2. The average Bonchev–Trinajstić information content (AvgIpc) is 3.23. The molecular weight excluding hydrogens is 318 g/mol. The fourth-order valence-corrected chi connectivity index (χ4v) is 3.16. The summed E-state index contributed by atoms with van der Waals surface area (Å²) in [6, 6.07) is 7.95. The van der Waals surface area contributed by atoms with Crippen LogP contribution in [0.4, 0.5) is 0 Å². The largest absolute Gasteiger partial charge is 0.484 e. The van der Waals surface area contributed by atoms with Gasteiger partial charge in [0, 0.05) is 19.3 Å². The molecule has 0 N–H and O–H groups in total. The van der Waals surface area contributed by atoms with Crippen molar-refractivity contribution < 1.29 is 9.15 Å². The van der Waals surface area contributed by atoms with Gasteiger partial charge < -0.3 is 13.7 Å². The highest BCUT2D eigenvalue weighted by molar-refractivity contribution is 5.16. The van der Waals surface area contributed by atoms with Gasteiger partial charge in [0.15, 0.2) is 5.82 Å². The summed E-state index contributed by atoms with van der Waals surface area (Å²) in [6.07, 6.45) is 3.42. The van der Waals surface area contributed by atoms with Crippen molar-refractivity contribution in [2.75, 3.05) is 6.54 Å². The molecule has 4 rings (SSSR count). The molecule has 1 aliphatic heterocycles. The fourth-order valence-electron chi connectivity index (χ4n) is 3.16. The van der Waals surface area contributed by atoms with Crippen LogP contribution in [0.15, 0.2) is 41.1 Å². The Labute approximate surface area is 146 Å². The molecule has 1 unspecified atom stereocenters. The van der Waals surface area contributed by atoms with Gasteiger partial charge in [-0.05, 0) is 38.1 Å². The van der Waals surface area contributed by atoms with Crippen LogP contribution < -0.4 is 4.74 Å². The maximum atomic E-state index is 5.76. The third kappa shape index (κ3) is 3.28. The highest BCUT2D eigenvalue weighted by atomic mass is 16.5. The Morgan fingerprint density at radius 3 is 2.92 bits per heavy atom. The first-order valence-corrected chi connectivity index (χ1v) is 8.45. The van der Waals surface area contributed by atoms with Crippen molar-refractivity contribution >= 4 is 0 Å². The van der Waals surface area contributed by atoms with Gasteiger partial charge in [-0.1, -0.05) is 0 Å². The fraction of sp³-hybridized carbons (Fsp3) is 0.389. The highest BCUT2D eigenvalue weighted by Gasteiger charge is 2.28. The van der Waals surface area contributed by atoms with E-state index in [0.717, 1.165) is 48.6 Å². The van der Waals surface area contributed by atoms with Gasteiger partial charge in [-0.3, -0.25) is 9.88 Å². The van der Waals surface area contributed by atoms with Gasteiger partial charge >= 0.3 is 0 Å². The molecule has 7 nitrogen and oxygen atoms in total. The molecule has 130 valence electrons. The Kier molecular flexibility index (Phi) is 4.23. The Balaban J connectivity index is 1.45. The first-order chi connectivity index (χ1) is 12.2. The Hall–Kier alpha value is -2.67. The number of hydrogen-bond acceptors (Lipinski definition) is 6. The maximum absolute atomic E-state index is 5.76. The second-order valence-corrected chi connectivity index (χ2v) is 6.26. The second-order valence-electron chi connectivity index (χ2n) is 6.26. The molecule has 0 radical (unpaired) electrons. The summed E-state index contributed by atoms with van der Waals surface area (Å²) in [5, 5.41) is 8.72. The minimum Gasteiger partial charge on any atom is -0.484 e. The van der Waals surface area contributed by atoms with Crippen molar-refractivity contribution in [2.24, 2.45) is 0 Å². The topological polar surface area (TPSA) is 69.2 Å². The minimum atomic E-state index is 0.179. The third-order valence-electron chi connectivity index (χ3n) is 4.55. The first kappa shape index (κ1) is 15.8. The molecule has 4 heterocycles. The molecule has 1 atom stereocenters. The van der Waals surface area contributed by atoms with Crippen LogP contribution in [-0.4, -0.2) is 31.2 Å². The summed E-state index contributed by atoms with van der Waals surface area (Å²) in [7, 11) is 0. The number of rotatable bonds is 5. The molecule has 0 spiro atoms. The van der Waals surface area contributed by atoms with E-state index in [2.05, 4.69) is 31.6 Å². The van der Waals surface area contributed by atoms with Crippen molar-refractivity contribution in [2.45, 2.75) is 39.6 Å². The average molecular weight is 339 g/mol. The van der Waals surface area contributed by atoms with E-state index in [1.54, 1.807) is 12.4 Å². The quantitative estimate of drug-likeness (QED) is 0.712. The molecule has 0 amide bonds. The predicted octanol–water partition coefficient (Wildman–Crippen LogP) is 2.73. The molecule has 0 aromatic carbocycles. The van der Waals surface area contributed by atoms with Gasteiger partial charge in [0.05, 0.1) is 18.8 Å². The molecule has 0 aliphatic carbocycles.